The quantitative estimate of drug-likeness (QED) is 0.875. The minimum absolute atomic E-state index is 0.0310. The summed E-state index contributed by atoms with van der Waals surface area (Å²) in [5.74, 6) is 1.97. The number of thioether (sulfide) groups is 1. The van der Waals surface area contributed by atoms with Crippen molar-refractivity contribution in [3.63, 3.8) is 0 Å². The van der Waals surface area contributed by atoms with Crippen molar-refractivity contribution in [1.82, 2.24) is 5.32 Å². The van der Waals surface area contributed by atoms with Crippen LogP contribution in [0.25, 0.3) is 0 Å². The van der Waals surface area contributed by atoms with Gasteiger partial charge in [0.2, 0.25) is 15.9 Å². The van der Waals surface area contributed by atoms with E-state index in [1.54, 1.807) is 23.9 Å². The summed E-state index contributed by atoms with van der Waals surface area (Å²) in [6.45, 7) is 1.84. The summed E-state index contributed by atoms with van der Waals surface area (Å²) in [5.41, 5.74) is 0.732. The van der Waals surface area contributed by atoms with Crippen molar-refractivity contribution >= 4 is 27.7 Å². The minimum Gasteiger partial charge on any atom is -0.349 e. The Morgan fingerprint density at radius 2 is 2.25 bits per heavy atom. The van der Waals surface area contributed by atoms with Crippen molar-refractivity contribution in [2.24, 2.45) is 11.1 Å². The monoisotopic (exact) mass is 314 g/mol. The van der Waals surface area contributed by atoms with E-state index in [1.807, 2.05) is 6.92 Å². The Morgan fingerprint density at radius 3 is 2.85 bits per heavy atom. The first kappa shape index (κ1) is 15.3. The second-order valence-electron chi connectivity index (χ2n) is 4.91. The highest BCUT2D eigenvalue weighted by molar-refractivity contribution is 7.99. The molecule has 1 aromatic carbocycles. The molecular formula is C13H18N2O3S2. The summed E-state index contributed by atoms with van der Waals surface area (Å²) in [6, 6.07) is 6.12. The van der Waals surface area contributed by atoms with Gasteiger partial charge in [-0.15, -0.1) is 0 Å². The van der Waals surface area contributed by atoms with Gasteiger partial charge in [-0.3, -0.25) is 4.79 Å². The third kappa shape index (κ3) is 3.74. The highest BCUT2D eigenvalue weighted by Gasteiger charge is 2.24. The molecular weight excluding hydrogens is 296 g/mol. The molecule has 20 heavy (non-hydrogen) atoms. The molecule has 1 saturated heterocycles. The number of amides is 1. The SMILES string of the molecule is CC(NC(=O)C1CCSC1)c1cccc(S(N)(=O)=O)c1. The average molecular weight is 314 g/mol. The second kappa shape index (κ2) is 6.15. The lowest BCUT2D eigenvalue weighted by Crippen LogP contribution is -2.32. The van der Waals surface area contributed by atoms with Crippen molar-refractivity contribution in [3.05, 3.63) is 29.8 Å². The van der Waals surface area contributed by atoms with Gasteiger partial charge in [-0.1, -0.05) is 12.1 Å². The standard InChI is InChI=1S/C13H18N2O3S2/c1-9(15-13(16)11-5-6-19-8-11)10-3-2-4-12(7-10)20(14,17)18/h2-4,7,9,11H,5-6,8H2,1H3,(H,15,16)(H2,14,17,18). The van der Waals surface area contributed by atoms with E-state index in [0.29, 0.717) is 0 Å². The first-order chi connectivity index (χ1) is 9.38. The topological polar surface area (TPSA) is 89.3 Å². The molecule has 1 heterocycles. The number of nitrogens with two attached hydrogens (primary N) is 1. The zero-order chi connectivity index (χ0) is 14.8. The Kier molecular flexibility index (Phi) is 4.72. The van der Waals surface area contributed by atoms with Crippen LogP contribution in [-0.2, 0) is 14.8 Å². The molecule has 7 heteroatoms. The summed E-state index contributed by atoms with van der Waals surface area (Å²) in [7, 11) is -3.72. The van der Waals surface area contributed by atoms with Crippen LogP contribution in [0.2, 0.25) is 0 Å². The van der Waals surface area contributed by atoms with Crippen LogP contribution in [0.4, 0.5) is 0 Å². The van der Waals surface area contributed by atoms with Crippen molar-refractivity contribution < 1.29 is 13.2 Å². The predicted molar refractivity (Wildman–Crippen MR) is 79.8 cm³/mol. The smallest absolute Gasteiger partial charge is 0.238 e. The Morgan fingerprint density at radius 1 is 1.50 bits per heavy atom. The summed E-state index contributed by atoms with van der Waals surface area (Å²) in [5, 5.41) is 8.04. The lowest BCUT2D eigenvalue weighted by molar-refractivity contribution is -0.124. The molecule has 0 spiro atoms. The number of benzene rings is 1. The van der Waals surface area contributed by atoms with Gasteiger partial charge in [-0.05, 0) is 36.8 Å². The van der Waals surface area contributed by atoms with Crippen molar-refractivity contribution in [3.8, 4) is 0 Å². The third-order valence-electron chi connectivity index (χ3n) is 3.35. The zero-order valence-electron chi connectivity index (χ0n) is 11.2. The van der Waals surface area contributed by atoms with Crippen molar-refractivity contribution in [2.45, 2.75) is 24.3 Å². The fraction of sp³-hybridized carbons (Fsp3) is 0.462. The lowest BCUT2D eigenvalue weighted by Gasteiger charge is -2.17. The van der Waals surface area contributed by atoms with Crippen LogP contribution in [0.3, 0.4) is 0 Å². The fourth-order valence-corrected chi connectivity index (χ4v) is 3.91. The number of nitrogens with one attached hydrogen (secondary N) is 1. The van der Waals surface area contributed by atoms with Gasteiger partial charge < -0.3 is 5.32 Å². The summed E-state index contributed by atoms with van der Waals surface area (Å²) < 4.78 is 22.7. The first-order valence-electron chi connectivity index (χ1n) is 6.39. The van der Waals surface area contributed by atoms with Gasteiger partial charge in [0.1, 0.15) is 0 Å². The molecule has 1 aliphatic heterocycles. The van der Waals surface area contributed by atoms with E-state index in [4.69, 9.17) is 5.14 Å². The van der Waals surface area contributed by atoms with E-state index >= 15 is 0 Å². The van der Waals surface area contributed by atoms with Crippen LogP contribution in [0, 0.1) is 5.92 Å². The summed E-state index contributed by atoms with van der Waals surface area (Å²) in [6.07, 6.45) is 0.903. The molecule has 0 aromatic heterocycles. The van der Waals surface area contributed by atoms with Crippen LogP contribution in [0.1, 0.15) is 24.9 Å². The van der Waals surface area contributed by atoms with Gasteiger partial charge in [0.15, 0.2) is 0 Å². The van der Waals surface area contributed by atoms with Gasteiger partial charge in [0.05, 0.1) is 10.9 Å². The maximum Gasteiger partial charge on any atom is 0.238 e. The number of rotatable bonds is 4. The summed E-state index contributed by atoms with van der Waals surface area (Å²) in [4.78, 5) is 12.1. The Balaban J connectivity index is 2.09. The molecule has 1 amide bonds. The molecule has 0 aliphatic carbocycles. The molecule has 0 saturated carbocycles. The second-order valence-corrected chi connectivity index (χ2v) is 7.62. The van der Waals surface area contributed by atoms with Gasteiger partial charge in [0, 0.05) is 11.7 Å². The first-order valence-corrected chi connectivity index (χ1v) is 9.09. The minimum atomic E-state index is -3.72. The number of hydrogen-bond donors (Lipinski definition) is 2. The Hall–Kier alpha value is -1.05. The molecule has 110 valence electrons. The normalized spacial score (nSPS) is 20.6. The summed E-state index contributed by atoms with van der Waals surface area (Å²) >= 11 is 1.78. The van der Waals surface area contributed by atoms with E-state index in [1.165, 1.54) is 12.1 Å². The molecule has 1 aliphatic rings. The largest absolute Gasteiger partial charge is 0.349 e. The van der Waals surface area contributed by atoms with Crippen molar-refractivity contribution in [1.29, 1.82) is 0 Å². The number of hydrogen-bond acceptors (Lipinski definition) is 4. The van der Waals surface area contributed by atoms with E-state index in [2.05, 4.69) is 5.32 Å². The van der Waals surface area contributed by atoms with Crippen LogP contribution >= 0.6 is 11.8 Å². The van der Waals surface area contributed by atoms with Gasteiger partial charge in [0.25, 0.3) is 0 Å². The molecule has 3 N–H and O–H groups in total. The van der Waals surface area contributed by atoms with Crippen LogP contribution in [-0.4, -0.2) is 25.8 Å². The van der Waals surface area contributed by atoms with E-state index in [9.17, 15) is 13.2 Å². The highest BCUT2D eigenvalue weighted by Crippen LogP contribution is 2.24. The molecule has 1 fully saturated rings. The van der Waals surface area contributed by atoms with Gasteiger partial charge in [-0.25, -0.2) is 13.6 Å². The number of sulfonamides is 1. The molecule has 2 rings (SSSR count). The highest BCUT2D eigenvalue weighted by atomic mass is 32.2. The van der Waals surface area contributed by atoms with Crippen LogP contribution < -0.4 is 10.5 Å². The maximum atomic E-state index is 12.0. The van der Waals surface area contributed by atoms with Gasteiger partial charge >= 0.3 is 0 Å². The van der Waals surface area contributed by atoms with E-state index in [0.717, 1.165) is 23.5 Å². The number of carbonyl (C=O) groups excluding carboxylic acids is 1. The predicted octanol–water partition coefficient (Wildman–Crippen LogP) is 1.26. The Labute approximate surface area is 123 Å². The molecule has 0 bridgehead atoms. The van der Waals surface area contributed by atoms with Crippen LogP contribution in [0.15, 0.2) is 29.2 Å². The third-order valence-corrected chi connectivity index (χ3v) is 5.42. The molecule has 0 radical (unpaired) electrons. The van der Waals surface area contributed by atoms with E-state index in [-0.39, 0.29) is 22.8 Å². The molecule has 1 aromatic rings. The van der Waals surface area contributed by atoms with Gasteiger partial charge in [-0.2, -0.15) is 11.8 Å². The number of primary sulfonamides is 1. The fourth-order valence-electron chi connectivity index (χ4n) is 2.12. The lowest BCUT2D eigenvalue weighted by atomic mass is 10.1. The zero-order valence-corrected chi connectivity index (χ0v) is 12.8. The maximum absolute atomic E-state index is 12.0. The van der Waals surface area contributed by atoms with Crippen LogP contribution in [0.5, 0.6) is 0 Å². The van der Waals surface area contributed by atoms with E-state index < -0.39 is 10.0 Å². The Bertz CT molecular complexity index is 595. The van der Waals surface area contributed by atoms with Crippen molar-refractivity contribution in [2.75, 3.05) is 11.5 Å². The average Bonchev–Trinajstić information content (AvgIpc) is 2.91. The molecule has 2 unspecified atom stereocenters. The molecule has 2 atom stereocenters. The number of carbonyl (C=O) groups is 1. The molecule has 5 nitrogen and oxygen atoms in total.